The number of benzene rings is 1. The van der Waals surface area contributed by atoms with Crippen LogP contribution in [0.5, 0.6) is 0 Å². The predicted octanol–water partition coefficient (Wildman–Crippen LogP) is 2.49. The molecule has 0 bridgehead atoms. The number of hydrogen-bond acceptors (Lipinski definition) is 3. The lowest BCUT2D eigenvalue weighted by molar-refractivity contribution is 0.405. The molecule has 0 saturated heterocycles. The highest BCUT2D eigenvalue weighted by Gasteiger charge is 2.28. The summed E-state index contributed by atoms with van der Waals surface area (Å²) in [6.45, 7) is 5.85. The van der Waals surface area contributed by atoms with E-state index in [9.17, 15) is 17.2 Å². The van der Waals surface area contributed by atoms with Crippen LogP contribution >= 0.6 is 0 Å². The van der Waals surface area contributed by atoms with Gasteiger partial charge in [0.25, 0.3) is 0 Å². The van der Waals surface area contributed by atoms with Gasteiger partial charge in [-0.25, -0.2) is 17.2 Å². The van der Waals surface area contributed by atoms with Crippen molar-refractivity contribution in [1.82, 2.24) is 9.62 Å². The summed E-state index contributed by atoms with van der Waals surface area (Å²) < 4.78 is 53.8. The average Bonchev–Trinajstić information content (AvgIpc) is 2.41. The minimum absolute atomic E-state index is 0.0414. The van der Waals surface area contributed by atoms with Crippen LogP contribution in [0, 0.1) is 11.6 Å². The van der Waals surface area contributed by atoms with Crippen LogP contribution in [0.3, 0.4) is 0 Å². The number of rotatable bonds is 7. The maximum Gasteiger partial charge on any atom is 0.245 e. The summed E-state index contributed by atoms with van der Waals surface area (Å²) >= 11 is 0. The Morgan fingerprint density at radius 3 is 2.43 bits per heavy atom. The van der Waals surface area contributed by atoms with Gasteiger partial charge in [0.15, 0.2) is 5.82 Å². The largest absolute Gasteiger partial charge is 0.312 e. The Morgan fingerprint density at radius 1 is 1.29 bits per heavy atom. The van der Waals surface area contributed by atoms with Crippen molar-refractivity contribution < 1.29 is 17.2 Å². The molecule has 1 rings (SSSR count). The third-order valence-electron chi connectivity index (χ3n) is 3.26. The molecule has 0 aromatic heterocycles. The molecular weight excluding hydrogens is 298 g/mol. The summed E-state index contributed by atoms with van der Waals surface area (Å²) in [5, 5.41) is 2.88. The van der Waals surface area contributed by atoms with Crippen molar-refractivity contribution in [1.29, 1.82) is 0 Å². The van der Waals surface area contributed by atoms with E-state index in [-0.39, 0.29) is 18.2 Å². The molecule has 120 valence electrons. The SMILES string of the molecule is CCCNCc1c(F)ccc(S(=O)(=O)N(C)C(C)C)c1F. The van der Waals surface area contributed by atoms with E-state index in [1.807, 2.05) is 6.92 Å². The highest BCUT2D eigenvalue weighted by Crippen LogP contribution is 2.24. The van der Waals surface area contributed by atoms with Gasteiger partial charge >= 0.3 is 0 Å². The molecule has 0 aliphatic heterocycles. The molecule has 0 heterocycles. The van der Waals surface area contributed by atoms with Crippen LogP contribution in [0.15, 0.2) is 17.0 Å². The van der Waals surface area contributed by atoms with E-state index in [0.29, 0.717) is 6.54 Å². The second-order valence-electron chi connectivity index (χ2n) is 5.13. The molecule has 0 spiro atoms. The van der Waals surface area contributed by atoms with Crippen LogP contribution in [0.4, 0.5) is 8.78 Å². The molecule has 0 fully saturated rings. The standard InChI is InChI=1S/C14H22F2N2O2S/c1-5-8-17-9-11-12(15)6-7-13(14(11)16)21(19,20)18(4)10(2)3/h6-7,10,17H,5,8-9H2,1-4H3. The van der Waals surface area contributed by atoms with Crippen molar-refractivity contribution in [3.63, 3.8) is 0 Å². The van der Waals surface area contributed by atoms with E-state index in [0.717, 1.165) is 22.9 Å². The predicted molar refractivity (Wildman–Crippen MR) is 78.4 cm³/mol. The zero-order valence-corrected chi connectivity index (χ0v) is 13.6. The minimum atomic E-state index is -3.97. The first-order chi connectivity index (χ1) is 9.73. The fraction of sp³-hybridized carbons (Fsp3) is 0.571. The molecule has 0 atom stereocenters. The number of sulfonamides is 1. The Hall–Kier alpha value is -1.05. The first-order valence-electron chi connectivity index (χ1n) is 6.89. The smallest absolute Gasteiger partial charge is 0.245 e. The van der Waals surface area contributed by atoms with E-state index >= 15 is 0 Å². The second kappa shape index (κ2) is 7.29. The van der Waals surface area contributed by atoms with Gasteiger partial charge in [-0.15, -0.1) is 0 Å². The maximum atomic E-state index is 14.4. The molecular formula is C14H22F2N2O2S. The molecule has 0 unspecified atom stereocenters. The van der Waals surface area contributed by atoms with E-state index in [4.69, 9.17) is 0 Å². The summed E-state index contributed by atoms with van der Waals surface area (Å²) in [5.74, 6) is -1.77. The molecule has 0 aliphatic rings. The molecule has 0 aliphatic carbocycles. The molecule has 0 amide bonds. The Labute approximate surface area is 125 Å². The third kappa shape index (κ3) is 3.99. The third-order valence-corrected chi connectivity index (χ3v) is 5.31. The fourth-order valence-corrected chi connectivity index (χ4v) is 3.22. The molecule has 4 nitrogen and oxygen atoms in total. The number of nitrogens with one attached hydrogen (secondary N) is 1. The first kappa shape index (κ1) is 18.0. The zero-order chi connectivity index (χ0) is 16.2. The molecule has 1 aromatic carbocycles. The van der Waals surface area contributed by atoms with Crippen molar-refractivity contribution in [2.45, 2.75) is 44.7 Å². The minimum Gasteiger partial charge on any atom is -0.312 e. The summed E-state index contributed by atoms with van der Waals surface area (Å²) in [5.41, 5.74) is -0.248. The van der Waals surface area contributed by atoms with Gasteiger partial charge in [-0.3, -0.25) is 0 Å². The van der Waals surface area contributed by atoms with Gasteiger partial charge in [-0.2, -0.15) is 4.31 Å². The maximum absolute atomic E-state index is 14.4. The summed E-state index contributed by atoms with van der Waals surface area (Å²) in [4.78, 5) is -0.492. The van der Waals surface area contributed by atoms with Crippen LogP contribution < -0.4 is 5.32 Å². The first-order valence-corrected chi connectivity index (χ1v) is 8.33. The van der Waals surface area contributed by atoms with Crippen LogP contribution in [-0.2, 0) is 16.6 Å². The quantitative estimate of drug-likeness (QED) is 0.785. The summed E-state index contributed by atoms with van der Waals surface area (Å²) in [6, 6.07) is 1.65. The van der Waals surface area contributed by atoms with Gasteiger partial charge in [0.1, 0.15) is 10.7 Å². The van der Waals surface area contributed by atoms with Crippen molar-refractivity contribution in [2.75, 3.05) is 13.6 Å². The summed E-state index contributed by atoms with van der Waals surface area (Å²) in [7, 11) is -2.60. The van der Waals surface area contributed by atoms with Gasteiger partial charge in [-0.1, -0.05) is 6.92 Å². The fourth-order valence-electron chi connectivity index (χ4n) is 1.76. The van der Waals surface area contributed by atoms with Crippen LogP contribution in [-0.4, -0.2) is 32.4 Å². The molecule has 21 heavy (non-hydrogen) atoms. The molecule has 0 saturated carbocycles. The van der Waals surface area contributed by atoms with E-state index < -0.39 is 26.6 Å². The Bertz CT molecular complexity index is 589. The highest BCUT2D eigenvalue weighted by atomic mass is 32.2. The topological polar surface area (TPSA) is 49.4 Å². The lowest BCUT2D eigenvalue weighted by atomic mass is 10.2. The Balaban J connectivity index is 3.24. The molecule has 0 radical (unpaired) electrons. The Morgan fingerprint density at radius 2 is 1.90 bits per heavy atom. The van der Waals surface area contributed by atoms with Gasteiger partial charge < -0.3 is 5.32 Å². The lowest BCUT2D eigenvalue weighted by Crippen LogP contribution is -2.34. The number of hydrogen-bond donors (Lipinski definition) is 1. The van der Waals surface area contributed by atoms with Crippen LogP contribution in [0.1, 0.15) is 32.8 Å². The van der Waals surface area contributed by atoms with Crippen LogP contribution in [0.2, 0.25) is 0 Å². The van der Waals surface area contributed by atoms with Gasteiger partial charge in [-0.05, 0) is 38.9 Å². The molecule has 1 N–H and O–H groups in total. The lowest BCUT2D eigenvalue weighted by Gasteiger charge is -2.22. The van der Waals surface area contributed by atoms with Gasteiger partial charge in [0.2, 0.25) is 10.0 Å². The normalized spacial score (nSPS) is 12.4. The summed E-state index contributed by atoms with van der Waals surface area (Å²) in [6.07, 6.45) is 0.817. The van der Waals surface area contributed by atoms with Gasteiger partial charge in [0.05, 0.1) is 0 Å². The van der Waals surface area contributed by atoms with E-state index in [1.165, 1.54) is 7.05 Å². The number of nitrogens with zero attached hydrogens (tertiary/aromatic N) is 1. The van der Waals surface area contributed by atoms with Crippen molar-refractivity contribution in [3.05, 3.63) is 29.3 Å². The van der Waals surface area contributed by atoms with E-state index in [2.05, 4.69) is 5.32 Å². The van der Waals surface area contributed by atoms with Gasteiger partial charge in [0, 0.05) is 25.2 Å². The molecule has 1 aromatic rings. The van der Waals surface area contributed by atoms with Crippen molar-refractivity contribution >= 4 is 10.0 Å². The van der Waals surface area contributed by atoms with Crippen molar-refractivity contribution in [3.8, 4) is 0 Å². The number of halogens is 2. The van der Waals surface area contributed by atoms with Crippen LogP contribution in [0.25, 0.3) is 0 Å². The second-order valence-corrected chi connectivity index (χ2v) is 7.10. The average molecular weight is 320 g/mol. The highest BCUT2D eigenvalue weighted by molar-refractivity contribution is 7.89. The Kier molecular flexibility index (Phi) is 6.24. The van der Waals surface area contributed by atoms with E-state index in [1.54, 1.807) is 13.8 Å². The molecule has 7 heteroatoms. The van der Waals surface area contributed by atoms with Crippen molar-refractivity contribution in [2.24, 2.45) is 0 Å². The monoisotopic (exact) mass is 320 g/mol. The zero-order valence-electron chi connectivity index (χ0n) is 12.8.